The molecule has 10 nitrogen and oxygen atoms in total. The third-order valence-electron chi connectivity index (χ3n) is 5.68. The lowest BCUT2D eigenvalue weighted by Crippen LogP contribution is -2.32. The maximum Gasteiger partial charge on any atom is 0.408 e. The molecule has 4 aromatic rings. The van der Waals surface area contributed by atoms with E-state index in [1.807, 2.05) is 6.20 Å². The molecule has 0 spiro atoms. The molecule has 42 heavy (non-hydrogen) atoms. The van der Waals surface area contributed by atoms with Gasteiger partial charge in [-0.25, -0.2) is 23.8 Å². The Morgan fingerprint density at radius 2 is 1.90 bits per heavy atom. The maximum atomic E-state index is 14.2. The van der Waals surface area contributed by atoms with Gasteiger partial charge in [-0.2, -0.15) is 5.10 Å². The zero-order valence-electron chi connectivity index (χ0n) is 24.5. The summed E-state index contributed by atoms with van der Waals surface area (Å²) in [6, 6.07) is 5.14. The molecule has 4 rings (SSSR count). The van der Waals surface area contributed by atoms with Crippen molar-refractivity contribution in [2.45, 2.75) is 65.3 Å². The van der Waals surface area contributed by atoms with E-state index in [0.29, 0.717) is 40.3 Å². The number of anilines is 1. The number of nitrogens with one attached hydrogen (secondary N) is 2. The molecule has 0 radical (unpaired) electrons. The zero-order valence-corrected chi connectivity index (χ0v) is 27.1. The summed E-state index contributed by atoms with van der Waals surface area (Å²) in [7, 11) is -1.16. The molecule has 0 fully saturated rings. The largest absolute Gasteiger partial charge is 0.444 e. The molecular weight excluding hydrogens is 596 g/mol. The number of carbonyl (C=O) groups is 2. The molecule has 0 saturated carbocycles. The third-order valence-corrected chi connectivity index (χ3v) is 9.12. The zero-order chi connectivity index (χ0) is 30.5. The average Bonchev–Trinajstić information content (AvgIpc) is 3.66. The van der Waals surface area contributed by atoms with Gasteiger partial charge in [0.2, 0.25) is 0 Å². The Bertz CT molecular complexity index is 1540. The van der Waals surface area contributed by atoms with Crippen molar-refractivity contribution in [2.24, 2.45) is 0 Å². The number of nitrogens with zero attached hydrogens (tertiary/aromatic N) is 4. The normalized spacial score (nSPS) is 11.9. The lowest BCUT2D eigenvalue weighted by molar-refractivity contribution is 0.0523. The summed E-state index contributed by atoms with van der Waals surface area (Å²) < 4.78 is 26.9. The summed E-state index contributed by atoms with van der Waals surface area (Å²) in [5, 5.41) is 14.5. The van der Waals surface area contributed by atoms with Gasteiger partial charge in [0, 0.05) is 42.8 Å². The van der Waals surface area contributed by atoms with Crippen molar-refractivity contribution in [3.63, 3.8) is 0 Å². The van der Waals surface area contributed by atoms with E-state index in [2.05, 4.69) is 45.3 Å². The first-order valence-electron chi connectivity index (χ1n) is 13.3. The van der Waals surface area contributed by atoms with Crippen LogP contribution in [0.3, 0.4) is 0 Å². The fourth-order valence-corrected chi connectivity index (χ4v) is 5.86. The number of aromatic nitrogens is 4. The van der Waals surface area contributed by atoms with Gasteiger partial charge in [0.1, 0.15) is 33.9 Å². The summed E-state index contributed by atoms with van der Waals surface area (Å²) in [6.45, 7) is 13.5. The van der Waals surface area contributed by atoms with Crippen LogP contribution in [0.2, 0.25) is 25.7 Å². The molecule has 2 amide bonds. The van der Waals surface area contributed by atoms with E-state index < -0.39 is 31.5 Å². The molecule has 0 saturated heterocycles. The van der Waals surface area contributed by atoms with Gasteiger partial charge in [-0.15, -0.1) is 22.7 Å². The Morgan fingerprint density at radius 1 is 1.12 bits per heavy atom. The number of thiazole rings is 2. The van der Waals surface area contributed by atoms with Crippen molar-refractivity contribution >= 4 is 48.4 Å². The number of alkyl carbamates (subject to hydrolysis) is 1. The molecule has 1 aromatic carbocycles. The van der Waals surface area contributed by atoms with E-state index in [1.54, 1.807) is 42.4 Å². The Labute approximate surface area is 253 Å². The van der Waals surface area contributed by atoms with E-state index in [0.717, 1.165) is 11.6 Å². The molecule has 0 atom stereocenters. The van der Waals surface area contributed by atoms with Crippen molar-refractivity contribution in [2.75, 3.05) is 11.9 Å². The smallest absolute Gasteiger partial charge is 0.408 e. The molecule has 224 valence electrons. The fourth-order valence-electron chi connectivity index (χ4n) is 3.59. The van der Waals surface area contributed by atoms with Gasteiger partial charge in [-0.05, 0) is 45.0 Å². The topological polar surface area (TPSA) is 120 Å². The maximum absolute atomic E-state index is 14.2. The average molecular weight is 631 g/mol. The van der Waals surface area contributed by atoms with Crippen LogP contribution in [-0.4, -0.2) is 52.0 Å². The SMILES string of the molecule is CC(C)(C)OC(=O)NCc1nc(-c2cc(F)ccc2NC(=O)c2csc(-c3cnn(COCC[Si](C)(C)C)c3)n2)cs1. The third kappa shape index (κ3) is 9.27. The van der Waals surface area contributed by atoms with E-state index in [1.165, 1.54) is 40.9 Å². The van der Waals surface area contributed by atoms with Crippen LogP contribution in [0.1, 0.15) is 36.3 Å². The highest BCUT2D eigenvalue weighted by Gasteiger charge is 2.19. The second-order valence-electron chi connectivity index (χ2n) is 11.8. The summed E-state index contributed by atoms with van der Waals surface area (Å²) in [5.41, 5.74) is 1.66. The van der Waals surface area contributed by atoms with Crippen LogP contribution in [0.15, 0.2) is 41.4 Å². The number of halogens is 1. The first-order chi connectivity index (χ1) is 19.8. The van der Waals surface area contributed by atoms with E-state index in [4.69, 9.17) is 9.47 Å². The number of carbonyl (C=O) groups excluding carboxylic acids is 2. The van der Waals surface area contributed by atoms with Crippen molar-refractivity contribution in [3.8, 4) is 21.8 Å². The Morgan fingerprint density at radius 3 is 2.64 bits per heavy atom. The van der Waals surface area contributed by atoms with Gasteiger partial charge < -0.3 is 20.1 Å². The second kappa shape index (κ2) is 13.2. The molecule has 0 unspecified atom stereocenters. The number of amides is 2. The molecule has 3 aromatic heterocycles. The molecule has 14 heteroatoms. The van der Waals surface area contributed by atoms with E-state index >= 15 is 0 Å². The van der Waals surface area contributed by atoms with Crippen LogP contribution in [0.5, 0.6) is 0 Å². The summed E-state index contributed by atoms with van der Waals surface area (Å²) >= 11 is 2.63. The first kappa shape index (κ1) is 31.5. The first-order valence-corrected chi connectivity index (χ1v) is 18.8. The highest BCUT2D eigenvalue weighted by Crippen LogP contribution is 2.31. The van der Waals surface area contributed by atoms with E-state index in [9.17, 15) is 14.0 Å². The van der Waals surface area contributed by atoms with Crippen LogP contribution in [0.25, 0.3) is 21.8 Å². The quantitative estimate of drug-likeness (QED) is 0.137. The number of hydrogen-bond donors (Lipinski definition) is 2. The molecule has 3 heterocycles. The van der Waals surface area contributed by atoms with Crippen LogP contribution in [0.4, 0.5) is 14.9 Å². The minimum Gasteiger partial charge on any atom is -0.444 e. The van der Waals surface area contributed by atoms with Gasteiger partial charge in [0.25, 0.3) is 5.91 Å². The van der Waals surface area contributed by atoms with Crippen molar-refractivity contribution < 1.29 is 23.5 Å². The second-order valence-corrected chi connectivity index (χ2v) is 19.2. The predicted molar refractivity (Wildman–Crippen MR) is 166 cm³/mol. The number of ether oxygens (including phenoxy) is 2. The summed E-state index contributed by atoms with van der Waals surface area (Å²) in [4.78, 5) is 34.1. The highest BCUT2D eigenvalue weighted by molar-refractivity contribution is 7.13. The molecule has 2 N–H and O–H groups in total. The van der Waals surface area contributed by atoms with E-state index in [-0.39, 0.29) is 12.2 Å². The van der Waals surface area contributed by atoms with Crippen molar-refractivity contribution in [3.05, 3.63) is 57.9 Å². The van der Waals surface area contributed by atoms with Gasteiger partial charge in [0.05, 0.1) is 24.1 Å². The minimum atomic E-state index is -1.16. The van der Waals surface area contributed by atoms with Gasteiger partial charge >= 0.3 is 6.09 Å². The lowest BCUT2D eigenvalue weighted by atomic mass is 10.1. The standard InChI is InChI=1S/C28H35FN6O4S2Si/c1-28(2,3)39-27(37)30-13-24-32-22(15-40-24)20-11-19(29)7-8-21(20)33-25(36)23-16-41-26(34-23)18-12-31-35(14-18)17-38-9-10-42(4,5)6/h7-8,11-12,14-16H,9-10,13,17H2,1-6H3,(H,30,37)(H,33,36). The predicted octanol–water partition coefficient (Wildman–Crippen LogP) is 6.86. The lowest BCUT2D eigenvalue weighted by Gasteiger charge is -2.19. The Balaban J connectivity index is 1.40. The number of rotatable bonds is 11. The Kier molecular flexibility index (Phi) is 9.92. The van der Waals surface area contributed by atoms with Gasteiger partial charge in [0.15, 0.2) is 0 Å². The van der Waals surface area contributed by atoms with Crippen molar-refractivity contribution in [1.82, 2.24) is 25.1 Å². The summed E-state index contributed by atoms with van der Waals surface area (Å²) in [6.07, 6.45) is 2.97. The molecule has 0 aliphatic heterocycles. The van der Waals surface area contributed by atoms with Crippen LogP contribution in [0, 0.1) is 5.82 Å². The Hall–Kier alpha value is -3.46. The number of hydrogen-bond acceptors (Lipinski definition) is 9. The minimum absolute atomic E-state index is 0.152. The van der Waals surface area contributed by atoms with Crippen molar-refractivity contribution in [1.29, 1.82) is 0 Å². The van der Waals surface area contributed by atoms with Crippen LogP contribution >= 0.6 is 22.7 Å². The van der Waals surface area contributed by atoms with Gasteiger partial charge in [-0.3, -0.25) is 4.79 Å². The van der Waals surface area contributed by atoms with Crippen LogP contribution in [-0.2, 0) is 22.7 Å². The molecule has 0 aliphatic rings. The molecule has 0 bridgehead atoms. The fraction of sp³-hybridized carbons (Fsp3) is 0.393. The highest BCUT2D eigenvalue weighted by atomic mass is 32.1. The number of benzene rings is 1. The monoisotopic (exact) mass is 630 g/mol. The van der Waals surface area contributed by atoms with Crippen LogP contribution < -0.4 is 10.6 Å². The molecule has 0 aliphatic carbocycles. The summed E-state index contributed by atoms with van der Waals surface area (Å²) in [5.74, 6) is -0.906. The van der Waals surface area contributed by atoms with Gasteiger partial charge in [-0.1, -0.05) is 19.6 Å². The molecular formula is C28H35FN6O4S2Si.